The van der Waals surface area contributed by atoms with Crippen molar-refractivity contribution >= 4 is 11.6 Å². The number of aromatic nitrogens is 2. The fourth-order valence-corrected chi connectivity index (χ4v) is 2.65. The molecule has 2 rings (SSSR count). The van der Waals surface area contributed by atoms with Crippen molar-refractivity contribution in [2.75, 3.05) is 20.1 Å². The van der Waals surface area contributed by atoms with Crippen LogP contribution in [0.2, 0.25) is 0 Å². The summed E-state index contributed by atoms with van der Waals surface area (Å²) >= 11 is 0. The smallest absolute Gasteiger partial charge is 0.0962 e. The third-order valence-corrected chi connectivity index (χ3v) is 3.84. The summed E-state index contributed by atoms with van der Waals surface area (Å²) in [5, 5.41) is 7.44. The Balaban J connectivity index is 1.91. The molecule has 1 aliphatic heterocycles. The monoisotopic (exact) mass is 273 g/mol. The van der Waals surface area contributed by atoms with Crippen molar-refractivity contribution in [3.8, 4) is 0 Å². The van der Waals surface area contributed by atoms with Crippen molar-refractivity contribution in [1.29, 1.82) is 0 Å². The van der Waals surface area contributed by atoms with Crippen molar-refractivity contribution < 1.29 is 0 Å². The summed E-state index contributed by atoms with van der Waals surface area (Å²) < 4.78 is 0. The van der Waals surface area contributed by atoms with Crippen molar-refractivity contribution in [3.63, 3.8) is 0 Å². The van der Waals surface area contributed by atoms with Crippen molar-refractivity contribution in [2.24, 2.45) is 0 Å². The number of unbranched alkanes of at least 4 members (excludes halogenated alkanes) is 4. The molecule has 0 aliphatic carbocycles. The number of likely N-dealkylation sites (N-methyl/N-ethyl adjacent to an activating group) is 1. The van der Waals surface area contributed by atoms with Gasteiger partial charge in [0.15, 0.2) is 0 Å². The predicted molar refractivity (Wildman–Crippen MR) is 86.5 cm³/mol. The standard InChI is InChI=1S/C17H27N3/c1-3-4-5-6-7-8-10-15-13-18-19-17(15)16-11-9-12-20(2)14-16/h8,10-11,13H,3-7,9,12,14H2,1-2H3,(H,18,19)/b10-8+. The normalized spacial score (nSPS) is 16.8. The van der Waals surface area contributed by atoms with Gasteiger partial charge in [-0.1, -0.05) is 44.4 Å². The van der Waals surface area contributed by atoms with Crippen LogP contribution in [-0.2, 0) is 0 Å². The summed E-state index contributed by atoms with van der Waals surface area (Å²) in [4.78, 5) is 2.35. The largest absolute Gasteiger partial charge is 0.302 e. The highest BCUT2D eigenvalue weighted by Crippen LogP contribution is 2.22. The zero-order valence-corrected chi connectivity index (χ0v) is 12.9. The number of allylic oxidation sites excluding steroid dienone is 1. The third kappa shape index (κ3) is 4.34. The molecule has 110 valence electrons. The van der Waals surface area contributed by atoms with Crippen LogP contribution in [0.3, 0.4) is 0 Å². The number of H-pyrrole nitrogens is 1. The van der Waals surface area contributed by atoms with E-state index in [1.165, 1.54) is 43.2 Å². The van der Waals surface area contributed by atoms with E-state index in [9.17, 15) is 0 Å². The Labute approximate surface area is 122 Å². The molecule has 1 aliphatic rings. The van der Waals surface area contributed by atoms with Gasteiger partial charge in [-0.05, 0) is 31.9 Å². The van der Waals surface area contributed by atoms with Crippen LogP contribution in [0.25, 0.3) is 11.6 Å². The second-order valence-electron chi connectivity index (χ2n) is 5.70. The first kappa shape index (κ1) is 15.0. The number of rotatable bonds is 7. The van der Waals surface area contributed by atoms with Crippen molar-refractivity contribution in [3.05, 3.63) is 29.6 Å². The van der Waals surface area contributed by atoms with Gasteiger partial charge < -0.3 is 4.90 Å². The fourth-order valence-electron chi connectivity index (χ4n) is 2.65. The maximum Gasteiger partial charge on any atom is 0.0962 e. The molecule has 1 aromatic heterocycles. The summed E-state index contributed by atoms with van der Waals surface area (Å²) in [6, 6.07) is 0. The molecule has 0 spiro atoms. The lowest BCUT2D eigenvalue weighted by Gasteiger charge is -2.22. The van der Waals surface area contributed by atoms with Gasteiger partial charge in [0.05, 0.1) is 5.69 Å². The second kappa shape index (κ2) is 8.05. The molecule has 0 fully saturated rings. The van der Waals surface area contributed by atoms with Gasteiger partial charge in [-0.3, -0.25) is 5.10 Å². The van der Waals surface area contributed by atoms with E-state index in [1.807, 2.05) is 6.20 Å². The van der Waals surface area contributed by atoms with Crippen LogP contribution in [0, 0.1) is 0 Å². The van der Waals surface area contributed by atoms with E-state index >= 15 is 0 Å². The molecule has 3 nitrogen and oxygen atoms in total. The van der Waals surface area contributed by atoms with Crippen molar-refractivity contribution in [1.82, 2.24) is 15.1 Å². The number of nitrogens with one attached hydrogen (secondary N) is 1. The quantitative estimate of drug-likeness (QED) is 0.758. The lowest BCUT2D eigenvalue weighted by Crippen LogP contribution is -2.25. The molecule has 1 N–H and O–H groups in total. The van der Waals surface area contributed by atoms with Crippen LogP contribution in [-0.4, -0.2) is 35.2 Å². The van der Waals surface area contributed by atoms with Gasteiger partial charge in [-0.15, -0.1) is 0 Å². The van der Waals surface area contributed by atoms with Crippen LogP contribution in [0.4, 0.5) is 0 Å². The number of hydrogen-bond acceptors (Lipinski definition) is 2. The van der Waals surface area contributed by atoms with Crippen LogP contribution in [0.15, 0.2) is 18.3 Å². The first-order valence-corrected chi connectivity index (χ1v) is 7.89. The minimum atomic E-state index is 1.00. The first-order chi connectivity index (χ1) is 9.81. The van der Waals surface area contributed by atoms with E-state index < -0.39 is 0 Å². The molecule has 0 atom stereocenters. The molecule has 0 unspecified atom stereocenters. The molecule has 0 bridgehead atoms. The molecule has 2 heterocycles. The molecule has 1 aromatic rings. The zero-order valence-electron chi connectivity index (χ0n) is 12.9. The van der Waals surface area contributed by atoms with E-state index in [1.54, 1.807) is 0 Å². The Morgan fingerprint density at radius 2 is 2.25 bits per heavy atom. The predicted octanol–water partition coefficient (Wildman–Crippen LogP) is 4.11. The second-order valence-corrected chi connectivity index (χ2v) is 5.70. The van der Waals surface area contributed by atoms with Gasteiger partial charge in [0, 0.05) is 24.8 Å². The molecule has 0 amide bonds. The average Bonchev–Trinajstić information content (AvgIpc) is 2.91. The number of aromatic amines is 1. The Bertz CT molecular complexity index is 457. The summed E-state index contributed by atoms with van der Waals surface area (Å²) in [7, 11) is 2.17. The van der Waals surface area contributed by atoms with Gasteiger partial charge in [0.2, 0.25) is 0 Å². The van der Waals surface area contributed by atoms with Gasteiger partial charge in [0.1, 0.15) is 0 Å². The van der Waals surface area contributed by atoms with Crippen LogP contribution < -0.4 is 0 Å². The minimum Gasteiger partial charge on any atom is -0.302 e. The van der Waals surface area contributed by atoms with E-state index in [0.29, 0.717) is 0 Å². The fraction of sp³-hybridized carbons (Fsp3) is 0.588. The van der Waals surface area contributed by atoms with E-state index in [4.69, 9.17) is 0 Å². The molecule has 0 radical (unpaired) electrons. The van der Waals surface area contributed by atoms with E-state index in [2.05, 4.69) is 47.3 Å². The summed E-state index contributed by atoms with van der Waals surface area (Å²) in [6.07, 6.45) is 16.4. The SMILES string of the molecule is CCCCCC/C=C/c1c[nH]nc1C1=CCCN(C)C1. The average molecular weight is 273 g/mol. The lowest BCUT2D eigenvalue weighted by atomic mass is 10.0. The Hall–Kier alpha value is -1.35. The van der Waals surface area contributed by atoms with Gasteiger partial charge in [-0.25, -0.2) is 0 Å². The number of nitrogens with zero attached hydrogens (tertiary/aromatic N) is 2. The van der Waals surface area contributed by atoms with Gasteiger partial charge in [0.25, 0.3) is 0 Å². The van der Waals surface area contributed by atoms with Crippen molar-refractivity contribution in [2.45, 2.75) is 45.4 Å². The maximum atomic E-state index is 4.43. The molecule has 0 saturated carbocycles. The van der Waals surface area contributed by atoms with Crippen LogP contribution >= 0.6 is 0 Å². The Morgan fingerprint density at radius 3 is 3.05 bits per heavy atom. The molecular formula is C17H27N3. The Kier molecular flexibility index (Phi) is 6.06. The van der Waals surface area contributed by atoms with Crippen LogP contribution in [0.5, 0.6) is 0 Å². The molecule has 20 heavy (non-hydrogen) atoms. The number of hydrogen-bond donors (Lipinski definition) is 1. The highest BCUT2D eigenvalue weighted by atomic mass is 15.1. The highest BCUT2D eigenvalue weighted by molar-refractivity contribution is 5.72. The summed E-state index contributed by atoms with van der Waals surface area (Å²) in [5.74, 6) is 0. The third-order valence-electron chi connectivity index (χ3n) is 3.84. The summed E-state index contributed by atoms with van der Waals surface area (Å²) in [5.41, 5.74) is 3.70. The molecular weight excluding hydrogens is 246 g/mol. The minimum absolute atomic E-state index is 1.00. The zero-order chi connectivity index (χ0) is 14.2. The highest BCUT2D eigenvalue weighted by Gasteiger charge is 2.14. The Morgan fingerprint density at radius 1 is 1.35 bits per heavy atom. The topological polar surface area (TPSA) is 31.9 Å². The van der Waals surface area contributed by atoms with E-state index in [0.717, 1.165) is 25.2 Å². The molecule has 0 saturated heterocycles. The maximum absolute atomic E-state index is 4.43. The first-order valence-electron chi connectivity index (χ1n) is 7.89. The summed E-state index contributed by atoms with van der Waals surface area (Å²) in [6.45, 7) is 4.40. The molecule has 3 heteroatoms. The van der Waals surface area contributed by atoms with Gasteiger partial charge >= 0.3 is 0 Å². The van der Waals surface area contributed by atoms with Gasteiger partial charge in [-0.2, -0.15) is 5.10 Å². The lowest BCUT2D eigenvalue weighted by molar-refractivity contribution is 0.372. The molecule has 0 aromatic carbocycles. The van der Waals surface area contributed by atoms with E-state index in [-0.39, 0.29) is 0 Å². The van der Waals surface area contributed by atoms with Crippen LogP contribution in [0.1, 0.15) is 56.7 Å².